The number of amides is 2. The monoisotopic (exact) mass is 372 g/mol. The predicted molar refractivity (Wildman–Crippen MR) is 105 cm³/mol. The van der Waals surface area contributed by atoms with Gasteiger partial charge in [0.2, 0.25) is 5.91 Å². The normalized spacial score (nSPS) is 11.9. The second-order valence-electron chi connectivity index (χ2n) is 6.89. The summed E-state index contributed by atoms with van der Waals surface area (Å²) in [6, 6.07) is 14.1. The standard InChI is InChI=1S/C21H25ClN2O2/c1-14(2)19(23-20(25)17-7-5-6-15(3)12-17)21(26)24(4)13-16-8-10-18(22)11-9-16/h5-12,14,19H,13H2,1-4H3,(H,23,25)/t19-/m1/s1. The van der Waals surface area contributed by atoms with Gasteiger partial charge in [-0.2, -0.15) is 0 Å². The molecule has 0 aliphatic rings. The van der Waals surface area contributed by atoms with Crippen molar-refractivity contribution in [1.82, 2.24) is 10.2 Å². The van der Waals surface area contributed by atoms with E-state index in [1.165, 1.54) is 0 Å². The highest BCUT2D eigenvalue weighted by atomic mass is 35.5. The Hall–Kier alpha value is -2.33. The Morgan fingerprint density at radius 3 is 2.35 bits per heavy atom. The van der Waals surface area contributed by atoms with Crippen molar-refractivity contribution in [2.45, 2.75) is 33.4 Å². The average molecular weight is 373 g/mol. The zero-order valence-corrected chi connectivity index (χ0v) is 16.4. The summed E-state index contributed by atoms with van der Waals surface area (Å²) < 4.78 is 0. The molecule has 0 bridgehead atoms. The molecule has 0 aromatic heterocycles. The smallest absolute Gasteiger partial charge is 0.251 e. The first-order valence-corrected chi connectivity index (χ1v) is 9.02. The van der Waals surface area contributed by atoms with Gasteiger partial charge in [0.05, 0.1) is 0 Å². The van der Waals surface area contributed by atoms with Crippen molar-refractivity contribution in [2.75, 3.05) is 7.05 Å². The van der Waals surface area contributed by atoms with E-state index < -0.39 is 6.04 Å². The Morgan fingerprint density at radius 2 is 1.77 bits per heavy atom. The Labute approximate surface area is 160 Å². The molecule has 2 amide bonds. The van der Waals surface area contributed by atoms with E-state index in [2.05, 4.69) is 5.32 Å². The number of nitrogens with zero attached hydrogens (tertiary/aromatic N) is 1. The molecule has 0 saturated carbocycles. The summed E-state index contributed by atoms with van der Waals surface area (Å²) in [5.74, 6) is -0.375. The minimum absolute atomic E-state index is 0.0241. The van der Waals surface area contributed by atoms with Crippen molar-refractivity contribution < 1.29 is 9.59 Å². The van der Waals surface area contributed by atoms with Crippen LogP contribution in [0.1, 0.15) is 35.3 Å². The van der Waals surface area contributed by atoms with Crippen LogP contribution in [0.4, 0.5) is 0 Å². The number of hydrogen-bond donors (Lipinski definition) is 1. The number of carbonyl (C=O) groups is 2. The molecule has 1 atom stereocenters. The molecule has 26 heavy (non-hydrogen) atoms. The quantitative estimate of drug-likeness (QED) is 0.831. The topological polar surface area (TPSA) is 49.4 Å². The van der Waals surface area contributed by atoms with Gasteiger partial charge in [0.1, 0.15) is 6.04 Å². The van der Waals surface area contributed by atoms with E-state index in [-0.39, 0.29) is 17.7 Å². The lowest BCUT2D eigenvalue weighted by molar-refractivity contribution is -0.133. The molecule has 0 radical (unpaired) electrons. The van der Waals surface area contributed by atoms with Gasteiger partial charge in [-0.05, 0) is 42.7 Å². The summed E-state index contributed by atoms with van der Waals surface area (Å²) >= 11 is 5.90. The van der Waals surface area contributed by atoms with Crippen molar-refractivity contribution in [2.24, 2.45) is 5.92 Å². The lowest BCUT2D eigenvalue weighted by atomic mass is 10.0. The molecular formula is C21H25ClN2O2. The van der Waals surface area contributed by atoms with E-state index in [0.29, 0.717) is 17.1 Å². The fraction of sp³-hybridized carbons (Fsp3) is 0.333. The Morgan fingerprint density at radius 1 is 1.12 bits per heavy atom. The van der Waals surface area contributed by atoms with Gasteiger partial charge in [-0.25, -0.2) is 0 Å². The van der Waals surface area contributed by atoms with E-state index >= 15 is 0 Å². The lowest BCUT2D eigenvalue weighted by Crippen LogP contribution is -2.50. The van der Waals surface area contributed by atoms with Crippen LogP contribution in [0.15, 0.2) is 48.5 Å². The van der Waals surface area contributed by atoms with Crippen LogP contribution in [-0.4, -0.2) is 29.8 Å². The third-order valence-corrected chi connectivity index (χ3v) is 4.46. The second-order valence-corrected chi connectivity index (χ2v) is 7.32. The maximum absolute atomic E-state index is 12.9. The largest absolute Gasteiger partial charge is 0.340 e. The molecule has 1 N–H and O–H groups in total. The number of likely N-dealkylation sites (N-methyl/N-ethyl adjacent to an activating group) is 1. The van der Waals surface area contributed by atoms with Crippen molar-refractivity contribution >= 4 is 23.4 Å². The van der Waals surface area contributed by atoms with Crippen molar-refractivity contribution in [3.05, 3.63) is 70.2 Å². The first-order chi connectivity index (χ1) is 12.3. The summed E-state index contributed by atoms with van der Waals surface area (Å²) in [5.41, 5.74) is 2.55. The van der Waals surface area contributed by atoms with Gasteiger partial charge in [0, 0.05) is 24.2 Å². The highest BCUT2D eigenvalue weighted by Gasteiger charge is 2.27. The summed E-state index contributed by atoms with van der Waals surface area (Å²) in [4.78, 5) is 27.0. The molecule has 4 nitrogen and oxygen atoms in total. The number of benzene rings is 2. The van der Waals surface area contributed by atoms with Crippen LogP contribution >= 0.6 is 11.6 Å². The van der Waals surface area contributed by atoms with E-state index in [0.717, 1.165) is 11.1 Å². The molecule has 0 unspecified atom stereocenters. The minimum atomic E-state index is -0.583. The van der Waals surface area contributed by atoms with Crippen LogP contribution in [-0.2, 0) is 11.3 Å². The van der Waals surface area contributed by atoms with Crippen molar-refractivity contribution in [3.63, 3.8) is 0 Å². The van der Waals surface area contributed by atoms with Crippen LogP contribution in [0.5, 0.6) is 0 Å². The Bertz CT molecular complexity index is 772. The van der Waals surface area contributed by atoms with E-state index in [1.807, 2.05) is 51.1 Å². The fourth-order valence-electron chi connectivity index (χ4n) is 2.70. The van der Waals surface area contributed by atoms with Gasteiger partial charge < -0.3 is 10.2 Å². The zero-order valence-electron chi connectivity index (χ0n) is 15.6. The molecule has 0 aliphatic carbocycles. The van der Waals surface area contributed by atoms with E-state index in [9.17, 15) is 9.59 Å². The van der Waals surface area contributed by atoms with Gasteiger partial charge in [-0.1, -0.05) is 55.3 Å². The molecule has 2 aromatic rings. The Balaban J connectivity index is 2.08. The first-order valence-electron chi connectivity index (χ1n) is 8.65. The number of nitrogens with one attached hydrogen (secondary N) is 1. The molecule has 2 aromatic carbocycles. The molecule has 5 heteroatoms. The van der Waals surface area contributed by atoms with E-state index in [1.54, 1.807) is 30.1 Å². The zero-order chi connectivity index (χ0) is 19.3. The van der Waals surface area contributed by atoms with Gasteiger partial charge in [-0.15, -0.1) is 0 Å². The third-order valence-electron chi connectivity index (χ3n) is 4.21. The second kappa shape index (κ2) is 8.86. The van der Waals surface area contributed by atoms with Crippen LogP contribution in [0.25, 0.3) is 0 Å². The summed E-state index contributed by atoms with van der Waals surface area (Å²) in [5, 5.41) is 3.54. The number of aryl methyl sites for hydroxylation is 1. The highest BCUT2D eigenvalue weighted by molar-refractivity contribution is 6.30. The predicted octanol–water partition coefficient (Wildman–Crippen LogP) is 4.06. The van der Waals surface area contributed by atoms with Gasteiger partial charge in [0.25, 0.3) is 5.91 Å². The van der Waals surface area contributed by atoms with Gasteiger partial charge >= 0.3 is 0 Å². The van der Waals surface area contributed by atoms with Gasteiger partial charge in [-0.3, -0.25) is 9.59 Å². The Kier molecular flexibility index (Phi) is 6.81. The average Bonchev–Trinajstić information content (AvgIpc) is 2.60. The van der Waals surface area contributed by atoms with Crippen LogP contribution in [0, 0.1) is 12.8 Å². The minimum Gasteiger partial charge on any atom is -0.340 e. The molecular weight excluding hydrogens is 348 g/mol. The van der Waals surface area contributed by atoms with Crippen LogP contribution in [0.2, 0.25) is 5.02 Å². The third kappa shape index (κ3) is 5.33. The maximum Gasteiger partial charge on any atom is 0.251 e. The SMILES string of the molecule is Cc1cccc(C(=O)N[C@@H](C(=O)N(C)Cc2ccc(Cl)cc2)C(C)C)c1. The number of hydrogen-bond acceptors (Lipinski definition) is 2. The molecule has 0 heterocycles. The molecule has 2 rings (SSSR count). The molecule has 138 valence electrons. The number of rotatable bonds is 6. The van der Waals surface area contributed by atoms with E-state index in [4.69, 9.17) is 11.6 Å². The first kappa shape index (κ1) is 20.0. The van der Waals surface area contributed by atoms with Crippen LogP contribution in [0.3, 0.4) is 0 Å². The maximum atomic E-state index is 12.9. The molecule has 0 saturated heterocycles. The molecule has 0 fully saturated rings. The summed E-state index contributed by atoms with van der Waals surface area (Å²) in [6.07, 6.45) is 0. The van der Waals surface area contributed by atoms with Crippen molar-refractivity contribution in [3.8, 4) is 0 Å². The highest BCUT2D eigenvalue weighted by Crippen LogP contribution is 2.13. The summed E-state index contributed by atoms with van der Waals surface area (Å²) in [6.45, 7) is 6.24. The molecule has 0 aliphatic heterocycles. The number of carbonyl (C=O) groups excluding carboxylic acids is 2. The van der Waals surface area contributed by atoms with Gasteiger partial charge in [0.15, 0.2) is 0 Å². The van der Waals surface area contributed by atoms with Crippen molar-refractivity contribution in [1.29, 1.82) is 0 Å². The molecule has 0 spiro atoms. The van der Waals surface area contributed by atoms with Crippen LogP contribution < -0.4 is 5.32 Å². The summed E-state index contributed by atoms with van der Waals surface area (Å²) in [7, 11) is 1.74. The number of halogens is 1. The fourth-order valence-corrected chi connectivity index (χ4v) is 2.83. The lowest BCUT2D eigenvalue weighted by Gasteiger charge is -2.27.